The summed E-state index contributed by atoms with van der Waals surface area (Å²) in [6, 6.07) is 3.26. The molecule has 7 heteroatoms. The lowest BCUT2D eigenvalue weighted by atomic mass is 9.46. The summed E-state index contributed by atoms with van der Waals surface area (Å²) in [5.41, 5.74) is -0.585. The molecule has 4 aliphatic rings. The van der Waals surface area contributed by atoms with Crippen LogP contribution >= 0.6 is 0 Å². The first-order valence-electron chi connectivity index (χ1n) is 9.79. The van der Waals surface area contributed by atoms with E-state index in [1.54, 1.807) is 19.1 Å². The molecule has 5 rings (SSSR count). The number of hydrogen-bond donors (Lipinski definition) is 3. The predicted molar refractivity (Wildman–Crippen MR) is 97.7 cm³/mol. The molecule has 4 fully saturated rings. The van der Waals surface area contributed by atoms with Crippen molar-refractivity contribution >= 4 is 17.7 Å². The molecule has 27 heavy (non-hydrogen) atoms. The Kier molecular flexibility index (Phi) is 4.48. The summed E-state index contributed by atoms with van der Waals surface area (Å²) in [5.74, 6) is 1.07. The summed E-state index contributed by atoms with van der Waals surface area (Å²) < 4.78 is 5.05. The Bertz CT molecular complexity index is 728. The molecule has 4 aliphatic carbocycles. The van der Waals surface area contributed by atoms with Crippen LogP contribution in [0.5, 0.6) is 0 Å². The molecule has 3 amide bonds. The van der Waals surface area contributed by atoms with Crippen molar-refractivity contribution in [2.75, 3.05) is 13.1 Å². The van der Waals surface area contributed by atoms with E-state index in [4.69, 9.17) is 4.42 Å². The highest BCUT2D eigenvalue weighted by Gasteiger charge is 2.60. The van der Waals surface area contributed by atoms with E-state index in [1.807, 2.05) is 0 Å². The third-order valence-corrected chi connectivity index (χ3v) is 6.43. The number of carbonyl (C=O) groups is 3. The number of carbonyl (C=O) groups excluding carboxylic acids is 3. The molecule has 146 valence electrons. The summed E-state index contributed by atoms with van der Waals surface area (Å²) in [6.07, 6.45) is 7.18. The summed E-state index contributed by atoms with van der Waals surface area (Å²) in [4.78, 5) is 36.6. The molecule has 2 unspecified atom stereocenters. The van der Waals surface area contributed by atoms with Gasteiger partial charge in [-0.05, 0) is 62.5 Å². The lowest BCUT2D eigenvalue weighted by molar-refractivity contribution is -0.153. The first kappa shape index (κ1) is 18.1. The summed E-state index contributed by atoms with van der Waals surface area (Å²) in [6.45, 7) is 2.30. The number of amides is 3. The maximum absolute atomic E-state index is 13.0. The van der Waals surface area contributed by atoms with Crippen LogP contribution in [0.1, 0.15) is 56.0 Å². The zero-order valence-electron chi connectivity index (χ0n) is 15.7. The second-order valence-electron chi connectivity index (χ2n) is 8.69. The maximum atomic E-state index is 13.0. The van der Waals surface area contributed by atoms with E-state index in [9.17, 15) is 14.4 Å². The third kappa shape index (κ3) is 3.47. The molecule has 4 saturated carbocycles. The fourth-order valence-electron chi connectivity index (χ4n) is 6.08. The first-order valence-corrected chi connectivity index (χ1v) is 9.79. The van der Waals surface area contributed by atoms with Crippen molar-refractivity contribution in [2.24, 2.45) is 17.3 Å². The van der Waals surface area contributed by atoms with Crippen LogP contribution in [-0.2, 0) is 9.59 Å². The quantitative estimate of drug-likeness (QED) is 0.660. The molecular formula is C20H27N3O4. The van der Waals surface area contributed by atoms with Gasteiger partial charge in [0.05, 0.1) is 11.7 Å². The van der Waals surface area contributed by atoms with Gasteiger partial charge in [-0.15, -0.1) is 0 Å². The summed E-state index contributed by atoms with van der Waals surface area (Å²) in [5, 5.41) is 8.94. The van der Waals surface area contributed by atoms with Crippen molar-refractivity contribution in [2.45, 2.75) is 51.0 Å². The van der Waals surface area contributed by atoms with Crippen LogP contribution in [0.15, 0.2) is 22.8 Å². The number of rotatable bonds is 6. The molecular weight excluding hydrogens is 346 g/mol. The zero-order valence-corrected chi connectivity index (χ0v) is 15.7. The number of hydrogen-bond acceptors (Lipinski definition) is 4. The van der Waals surface area contributed by atoms with E-state index in [0.717, 1.165) is 32.1 Å². The van der Waals surface area contributed by atoms with E-state index in [-0.39, 0.29) is 34.4 Å². The second-order valence-corrected chi connectivity index (χ2v) is 8.69. The Hall–Kier alpha value is -2.31. The molecule has 1 aromatic rings. The summed E-state index contributed by atoms with van der Waals surface area (Å²) in [7, 11) is 0. The van der Waals surface area contributed by atoms with Crippen molar-refractivity contribution in [1.29, 1.82) is 0 Å². The van der Waals surface area contributed by atoms with Gasteiger partial charge < -0.3 is 20.4 Å². The molecule has 7 nitrogen and oxygen atoms in total. The van der Waals surface area contributed by atoms with Gasteiger partial charge in [0, 0.05) is 25.6 Å². The molecule has 1 aromatic heterocycles. The molecule has 0 aromatic carbocycles. The Morgan fingerprint density at radius 1 is 1.11 bits per heavy atom. The first-order chi connectivity index (χ1) is 12.9. The van der Waals surface area contributed by atoms with Crippen molar-refractivity contribution < 1.29 is 18.8 Å². The number of nitrogens with one attached hydrogen (secondary N) is 3. The van der Waals surface area contributed by atoms with Crippen LogP contribution in [0.3, 0.4) is 0 Å². The zero-order chi connectivity index (χ0) is 19.1. The lowest BCUT2D eigenvalue weighted by Gasteiger charge is -2.61. The lowest BCUT2D eigenvalue weighted by Crippen LogP contribution is -2.65. The fourth-order valence-corrected chi connectivity index (χ4v) is 6.08. The minimum absolute atomic E-state index is 0.00635. The van der Waals surface area contributed by atoms with Gasteiger partial charge in [-0.3, -0.25) is 14.4 Å². The van der Waals surface area contributed by atoms with Gasteiger partial charge >= 0.3 is 0 Å². The highest BCUT2D eigenvalue weighted by molar-refractivity contribution is 5.91. The molecule has 4 bridgehead atoms. The molecule has 0 aliphatic heterocycles. The van der Waals surface area contributed by atoms with Crippen LogP contribution in [0, 0.1) is 17.3 Å². The van der Waals surface area contributed by atoms with Gasteiger partial charge in [0.15, 0.2) is 5.76 Å². The van der Waals surface area contributed by atoms with Gasteiger partial charge in [-0.2, -0.15) is 0 Å². The van der Waals surface area contributed by atoms with Gasteiger partial charge in [0.2, 0.25) is 11.8 Å². The normalized spacial score (nSPS) is 33.5. The molecule has 0 saturated heterocycles. The third-order valence-electron chi connectivity index (χ3n) is 6.43. The van der Waals surface area contributed by atoms with Crippen molar-refractivity contribution in [3.05, 3.63) is 24.2 Å². The van der Waals surface area contributed by atoms with Crippen LogP contribution in [0.4, 0.5) is 0 Å². The van der Waals surface area contributed by atoms with Crippen LogP contribution in [0.2, 0.25) is 0 Å². The minimum Gasteiger partial charge on any atom is -0.459 e. The van der Waals surface area contributed by atoms with Gasteiger partial charge in [-0.25, -0.2) is 0 Å². The maximum Gasteiger partial charge on any atom is 0.287 e. The van der Waals surface area contributed by atoms with Gasteiger partial charge in [0.25, 0.3) is 5.91 Å². The SMILES string of the molecule is CC(=O)NC12CC3CC(C1)CC(C(=O)NCCNC(=O)c1ccco1)(C3)C2. The fraction of sp³-hybridized carbons (Fsp3) is 0.650. The average Bonchev–Trinajstić information content (AvgIpc) is 3.10. The molecule has 3 N–H and O–H groups in total. The van der Waals surface area contributed by atoms with E-state index in [0.29, 0.717) is 24.9 Å². The van der Waals surface area contributed by atoms with E-state index >= 15 is 0 Å². The number of furan rings is 1. The molecule has 1 heterocycles. The predicted octanol–water partition coefficient (Wildman–Crippen LogP) is 1.60. The second kappa shape index (κ2) is 6.69. The van der Waals surface area contributed by atoms with Gasteiger partial charge in [0.1, 0.15) is 0 Å². The highest BCUT2D eigenvalue weighted by Crippen LogP contribution is 2.61. The Morgan fingerprint density at radius 3 is 2.44 bits per heavy atom. The monoisotopic (exact) mass is 373 g/mol. The standard InChI is InChI=1S/C20H27N3O4/c1-13(24)23-20-10-14-7-15(11-20)9-19(8-14,12-20)18(26)22-5-4-21-17(25)16-3-2-6-27-16/h2-3,6,14-15H,4-5,7-12H2,1H3,(H,21,25)(H,22,26)(H,23,24). The Morgan fingerprint density at radius 2 is 1.81 bits per heavy atom. The van der Waals surface area contributed by atoms with Crippen LogP contribution < -0.4 is 16.0 Å². The van der Waals surface area contributed by atoms with Crippen LogP contribution in [0.25, 0.3) is 0 Å². The van der Waals surface area contributed by atoms with Crippen LogP contribution in [-0.4, -0.2) is 36.3 Å². The van der Waals surface area contributed by atoms with E-state index in [2.05, 4.69) is 16.0 Å². The van der Waals surface area contributed by atoms with Crippen molar-refractivity contribution in [1.82, 2.24) is 16.0 Å². The molecule has 2 atom stereocenters. The molecule has 0 spiro atoms. The van der Waals surface area contributed by atoms with Crippen molar-refractivity contribution in [3.8, 4) is 0 Å². The minimum atomic E-state index is -0.377. The molecule has 0 radical (unpaired) electrons. The Balaban J connectivity index is 1.34. The largest absolute Gasteiger partial charge is 0.459 e. The van der Waals surface area contributed by atoms with E-state index in [1.165, 1.54) is 12.7 Å². The Labute approximate surface area is 158 Å². The summed E-state index contributed by atoms with van der Waals surface area (Å²) >= 11 is 0. The smallest absolute Gasteiger partial charge is 0.287 e. The van der Waals surface area contributed by atoms with Crippen molar-refractivity contribution in [3.63, 3.8) is 0 Å². The average molecular weight is 373 g/mol. The van der Waals surface area contributed by atoms with Gasteiger partial charge in [-0.1, -0.05) is 0 Å². The van der Waals surface area contributed by atoms with E-state index < -0.39 is 0 Å². The highest BCUT2D eigenvalue weighted by atomic mass is 16.3. The topological polar surface area (TPSA) is 100 Å².